The molecule has 8 aromatic carbocycles. The van der Waals surface area contributed by atoms with Crippen molar-refractivity contribution in [3.8, 4) is 22.3 Å². The molecule has 16 heteroatoms. The molecular weight excluding hydrogens is 1030 g/mol. The average molecular weight is 1090 g/mol. The highest BCUT2D eigenvalue weighted by molar-refractivity contribution is 7.90. The molecule has 0 aromatic heterocycles. The Bertz CT molecular complexity index is 3430. The first-order chi connectivity index (χ1) is 36.1. The van der Waals surface area contributed by atoms with Crippen LogP contribution in [0.3, 0.4) is 0 Å². The minimum Gasteiger partial charge on any atom is -0.207 e. The molecule has 76 heavy (non-hydrogen) atoms. The molecule has 0 fully saturated rings. The van der Waals surface area contributed by atoms with Crippen LogP contribution in [0.1, 0.15) is 66.8 Å². The van der Waals surface area contributed by atoms with Gasteiger partial charge in [0.2, 0.25) is 40.1 Å². The summed E-state index contributed by atoms with van der Waals surface area (Å²) in [5.74, 6) is 0. The van der Waals surface area contributed by atoms with Gasteiger partial charge in [-0.3, -0.25) is 0 Å². The molecule has 0 unspecified atom stereocenters. The van der Waals surface area contributed by atoms with Crippen molar-refractivity contribution in [2.45, 2.75) is 99.6 Å². The van der Waals surface area contributed by atoms with Crippen LogP contribution in [0.4, 0.5) is 0 Å². The fourth-order valence-electron chi connectivity index (χ4n) is 10.4. The Labute approximate surface area is 446 Å². The molecule has 12 rings (SSSR count). The molecule has 388 valence electrons. The average Bonchev–Trinajstić information content (AvgIpc) is 3.39. The maximum absolute atomic E-state index is 15.2. The summed E-state index contributed by atoms with van der Waals surface area (Å²) in [5, 5.41) is 0. The zero-order valence-electron chi connectivity index (χ0n) is 42.5. The van der Waals surface area contributed by atoms with E-state index in [1.807, 2.05) is 100 Å². The Morgan fingerprint density at radius 2 is 0.382 bits per heavy atom. The Hall–Kier alpha value is -6.60. The van der Waals surface area contributed by atoms with Gasteiger partial charge in [0.15, 0.2) is 0 Å². The van der Waals surface area contributed by atoms with Crippen molar-refractivity contribution in [2.24, 2.45) is 0 Å². The lowest BCUT2D eigenvalue weighted by Gasteiger charge is -2.25. The van der Waals surface area contributed by atoms with E-state index in [1.54, 1.807) is 97.1 Å². The van der Waals surface area contributed by atoms with Gasteiger partial charge in [-0.05, 0) is 192 Å². The van der Waals surface area contributed by atoms with Gasteiger partial charge in [0, 0.05) is 52.4 Å². The fourth-order valence-corrected chi connectivity index (χ4v) is 16.1. The van der Waals surface area contributed by atoms with Crippen molar-refractivity contribution in [2.75, 3.05) is 0 Å². The van der Waals surface area contributed by atoms with Gasteiger partial charge in [0.1, 0.15) is 0 Å². The number of sulfonamides is 4. The number of hydrogen-bond acceptors (Lipinski definition) is 8. The number of rotatable bonds is 8. The van der Waals surface area contributed by atoms with Crippen LogP contribution in [0.15, 0.2) is 189 Å². The van der Waals surface area contributed by atoms with Crippen molar-refractivity contribution in [1.29, 1.82) is 0 Å². The van der Waals surface area contributed by atoms with Crippen LogP contribution in [0.25, 0.3) is 22.3 Å². The number of benzene rings is 8. The number of fused-ring (bicyclic) bond motifs is 8. The second kappa shape index (κ2) is 19.8. The highest BCUT2D eigenvalue weighted by Crippen LogP contribution is 2.37. The van der Waals surface area contributed by atoms with Crippen LogP contribution in [0.2, 0.25) is 0 Å². The molecule has 0 saturated heterocycles. The molecular formula is C60H56N4O8S4. The molecule has 0 amide bonds. The first-order valence-electron chi connectivity index (χ1n) is 25.0. The molecule has 4 aliphatic heterocycles. The third-order valence-electron chi connectivity index (χ3n) is 14.4. The summed E-state index contributed by atoms with van der Waals surface area (Å²) < 4.78 is 127. The van der Waals surface area contributed by atoms with Gasteiger partial charge in [-0.1, -0.05) is 95.1 Å². The van der Waals surface area contributed by atoms with E-state index in [0.717, 1.165) is 22.3 Å². The van der Waals surface area contributed by atoms with Gasteiger partial charge in [0.05, 0.1) is 19.6 Å². The number of aryl methyl sites for hydroxylation is 4. The molecule has 0 spiro atoms. The molecule has 0 saturated carbocycles. The van der Waals surface area contributed by atoms with Crippen molar-refractivity contribution in [3.05, 3.63) is 237 Å². The molecule has 12 nitrogen and oxygen atoms in total. The summed E-state index contributed by atoms with van der Waals surface area (Å²) in [7, 11) is -17.0. The topological polar surface area (TPSA) is 150 Å². The molecule has 0 aliphatic carbocycles. The lowest BCUT2D eigenvalue weighted by molar-refractivity contribution is 0.392. The van der Waals surface area contributed by atoms with E-state index in [1.165, 1.54) is 17.2 Å². The fraction of sp³-hybridized carbons (Fsp3) is 0.200. The number of hydrogen-bond donors (Lipinski definition) is 0. The molecule has 0 radical (unpaired) electrons. The van der Waals surface area contributed by atoms with Crippen LogP contribution < -0.4 is 0 Å². The zero-order chi connectivity index (χ0) is 53.3. The summed E-state index contributed by atoms with van der Waals surface area (Å²) in [5.41, 5.74) is 10.5. The summed E-state index contributed by atoms with van der Waals surface area (Å²) in [4.78, 5) is 0.368. The minimum absolute atomic E-state index is 0.0920. The Balaban J connectivity index is 1.24. The normalized spacial score (nSPS) is 15.9. The van der Waals surface area contributed by atoms with Gasteiger partial charge < -0.3 is 0 Å². The van der Waals surface area contributed by atoms with Crippen LogP contribution >= 0.6 is 0 Å². The van der Waals surface area contributed by atoms with Crippen LogP contribution in [-0.2, 0) is 92.5 Å². The number of nitrogens with zero attached hydrogens (tertiary/aromatic N) is 4. The molecule has 8 aromatic rings. The Morgan fingerprint density at radius 1 is 0.237 bits per heavy atom. The highest BCUT2D eigenvalue weighted by atomic mass is 32.2. The Morgan fingerprint density at radius 3 is 0.526 bits per heavy atom. The predicted molar refractivity (Wildman–Crippen MR) is 294 cm³/mol. The van der Waals surface area contributed by atoms with Crippen molar-refractivity contribution >= 4 is 40.1 Å². The second-order valence-electron chi connectivity index (χ2n) is 20.5. The van der Waals surface area contributed by atoms with Gasteiger partial charge in [0.25, 0.3) is 0 Å². The summed E-state index contributed by atoms with van der Waals surface area (Å²) in [6, 6.07) is 49.3. The monoisotopic (exact) mass is 1090 g/mol. The lowest BCUT2D eigenvalue weighted by Crippen LogP contribution is -2.32. The largest absolute Gasteiger partial charge is 0.243 e. The molecule has 12 bridgehead atoms. The molecule has 0 N–H and O–H groups in total. The summed E-state index contributed by atoms with van der Waals surface area (Å²) >= 11 is 0. The van der Waals surface area contributed by atoms with Gasteiger partial charge in [-0.15, -0.1) is 0 Å². The minimum atomic E-state index is -4.24. The van der Waals surface area contributed by atoms with Crippen LogP contribution in [0.5, 0.6) is 0 Å². The quantitative estimate of drug-likeness (QED) is 0.146. The van der Waals surface area contributed by atoms with Crippen LogP contribution in [-0.4, -0.2) is 50.9 Å². The standard InChI is InChI=1S/C60H56N4O8S4/c1-41-5-13-57(14-6-41)73(65,66)61-33-45-21-47-27-53(25-45)56-30-50-24-52(32-56)40-64(76(71,72)60-19-11-44(4)12-20-60)39-51-23-49(37-62(35-47)74(67,68)58-15-7-42(2)8-16-58)29-55(31-51)54-26-46(34-61)22-48(28-54)36-63(38-50)75(69,70)59-17-9-43(3)10-18-59/h5-32H,33-40H2,1-4H3. The van der Waals surface area contributed by atoms with E-state index in [0.29, 0.717) is 66.8 Å². The highest BCUT2D eigenvalue weighted by Gasteiger charge is 2.33. The Kier molecular flexibility index (Phi) is 13.4. The van der Waals surface area contributed by atoms with Crippen molar-refractivity contribution in [1.82, 2.24) is 17.2 Å². The first-order valence-corrected chi connectivity index (χ1v) is 30.7. The maximum Gasteiger partial charge on any atom is 0.243 e. The summed E-state index contributed by atoms with van der Waals surface area (Å²) in [6.45, 7) is 6.57. The predicted octanol–water partition coefficient (Wildman–Crippen LogP) is 10.8. The summed E-state index contributed by atoms with van der Waals surface area (Å²) in [6.07, 6.45) is 0. The first kappa shape index (κ1) is 51.5. The molecule has 4 aliphatic rings. The van der Waals surface area contributed by atoms with Crippen molar-refractivity contribution in [3.63, 3.8) is 0 Å². The molecule has 4 heterocycles. The van der Waals surface area contributed by atoms with E-state index in [4.69, 9.17) is 0 Å². The SMILES string of the molecule is Cc1ccc(S(=O)(=O)N2Cc3cc4cc(c3)-c3cc5cc(c3)CN(S(=O)(=O)c3ccc(C)cc3)Cc3cc(cc(c3)-c3cc(cc(c3)CN(S(=O)(=O)c3ccc(C)cc3)C5)C2)CN(S(=O)(=O)c2ccc(C)cc2)C4)cc1. The van der Waals surface area contributed by atoms with Crippen LogP contribution in [0, 0.1) is 27.7 Å². The van der Waals surface area contributed by atoms with Crippen molar-refractivity contribution < 1.29 is 33.7 Å². The van der Waals surface area contributed by atoms with E-state index in [-0.39, 0.29) is 71.9 Å². The van der Waals surface area contributed by atoms with Gasteiger partial charge in [-0.2, -0.15) is 17.2 Å². The van der Waals surface area contributed by atoms with E-state index in [9.17, 15) is 0 Å². The van der Waals surface area contributed by atoms with E-state index >= 15 is 33.7 Å². The van der Waals surface area contributed by atoms with E-state index in [2.05, 4.69) is 0 Å². The zero-order valence-corrected chi connectivity index (χ0v) is 45.8. The smallest absolute Gasteiger partial charge is 0.207 e. The third kappa shape index (κ3) is 10.4. The molecule has 0 atom stereocenters. The van der Waals surface area contributed by atoms with Gasteiger partial charge in [-0.25, -0.2) is 33.7 Å². The van der Waals surface area contributed by atoms with E-state index < -0.39 is 40.1 Å². The second-order valence-corrected chi connectivity index (χ2v) is 28.2. The maximum atomic E-state index is 15.2. The van der Waals surface area contributed by atoms with Gasteiger partial charge >= 0.3 is 0 Å². The lowest BCUT2D eigenvalue weighted by atomic mass is 9.96. The third-order valence-corrected chi connectivity index (χ3v) is 21.6.